The van der Waals surface area contributed by atoms with Gasteiger partial charge in [0.1, 0.15) is 0 Å². The Morgan fingerprint density at radius 1 is 1.12 bits per heavy atom. The lowest BCUT2D eigenvalue weighted by Gasteiger charge is -2.18. The average Bonchev–Trinajstić information content (AvgIpc) is 3.06. The number of aliphatic hydroxyl groups excluding tert-OH is 1. The van der Waals surface area contributed by atoms with E-state index in [4.69, 9.17) is 9.84 Å². The Morgan fingerprint density at radius 3 is 2.32 bits per heavy atom. The molecular formula is C20H38N2O3. The first-order valence-electron chi connectivity index (χ1n) is 10.2. The summed E-state index contributed by atoms with van der Waals surface area (Å²) in [6.45, 7) is 4.78. The second-order valence-electron chi connectivity index (χ2n) is 7.15. The van der Waals surface area contributed by atoms with Crippen LogP contribution in [0.3, 0.4) is 0 Å². The SMILES string of the molecule is COC(=O)C(C)CCCCCCCCCCCC1=NCCN1CCO. The zero-order chi connectivity index (χ0) is 18.3. The normalized spacial score (nSPS) is 15.3. The number of hydrogen-bond acceptors (Lipinski definition) is 5. The third kappa shape index (κ3) is 9.83. The number of nitrogens with zero attached hydrogens (tertiary/aromatic N) is 2. The minimum absolute atomic E-state index is 0.0442. The van der Waals surface area contributed by atoms with E-state index in [-0.39, 0.29) is 18.5 Å². The van der Waals surface area contributed by atoms with Crippen LogP contribution in [0.5, 0.6) is 0 Å². The van der Waals surface area contributed by atoms with Gasteiger partial charge in [-0.05, 0) is 12.8 Å². The van der Waals surface area contributed by atoms with Crippen molar-refractivity contribution in [1.29, 1.82) is 0 Å². The van der Waals surface area contributed by atoms with Gasteiger partial charge in [0.15, 0.2) is 0 Å². The highest BCUT2D eigenvalue weighted by Gasteiger charge is 2.15. The van der Waals surface area contributed by atoms with Crippen LogP contribution in [-0.4, -0.2) is 55.2 Å². The van der Waals surface area contributed by atoms with Gasteiger partial charge in [-0.2, -0.15) is 0 Å². The fourth-order valence-electron chi connectivity index (χ4n) is 3.42. The maximum absolute atomic E-state index is 11.3. The van der Waals surface area contributed by atoms with Crippen molar-refractivity contribution >= 4 is 11.8 Å². The highest BCUT2D eigenvalue weighted by molar-refractivity contribution is 5.83. The number of esters is 1. The standard InChI is InChI=1S/C20H38N2O3/c1-18(20(24)25-2)12-10-8-6-4-3-5-7-9-11-13-19-21-14-15-22(19)16-17-23/h18,23H,3-17H2,1-2H3. The van der Waals surface area contributed by atoms with Crippen molar-refractivity contribution in [2.45, 2.75) is 77.6 Å². The van der Waals surface area contributed by atoms with Crippen molar-refractivity contribution < 1.29 is 14.6 Å². The molecule has 1 atom stereocenters. The number of hydrogen-bond donors (Lipinski definition) is 1. The lowest BCUT2D eigenvalue weighted by Crippen LogP contribution is -2.30. The summed E-state index contributed by atoms with van der Waals surface area (Å²) < 4.78 is 4.74. The second kappa shape index (κ2) is 14.1. The molecule has 5 heteroatoms. The number of rotatable bonds is 15. The summed E-state index contributed by atoms with van der Waals surface area (Å²) >= 11 is 0. The van der Waals surface area contributed by atoms with Crippen molar-refractivity contribution in [3.05, 3.63) is 0 Å². The molecule has 0 fully saturated rings. The van der Waals surface area contributed by atoms with Gasteiger partial charge in [0.2, 0.25) is 0 Å². The molecule has 0 saturated carbocycles. The zero-order valence-corrected chi connectivity index (χ0v) is 16.3. The topological polar surface area (TPSA) is 62.1 Å². The van der Waals surface area contributed by atoms with Crippen LogP contribution in [0.2, 0.25) is 0 Å². The molecule has 5 nitrogen and oxygen atoms in total. The first-order chi connectivity index (χ1) is 12.2. The number of methoxy groups -OCH3 is 1. The van der Waals surface area contributed by atoms with Gasteiger partial charge in [-0.25, -0.2) is 0 Å². The number of β-amino-alcohol motifs (C(OH)–C–C–N with tert-alkyl or cyclic N) is 1. The molecule has 0 aromatic rings. The van der Waals surface area contributed by atoms with Crippen LogP contribution in [0.4, 0.5) is 0 Å². The summed E-state index contributed by atoms with van der Waals surface area (Å²) in [5, 5.41) is 9.04. The molecule has 0 aromatic carbocycles. The lowest BCUT2D eigenvalue weighted by atomic mass is 10.0. The maximum atomic E-state index is 11.3. The Hall–Kier alpha value is -1.10. The Kier molecular flexibility index (Phi) is 12.4. The van der Waals surface area contributed by atoms with Crippen molar-refractivity contribution in [3.8, 4) is 0 Å². The van der Waals surface area contributed by atoms with Crippen molar-refractivity contribution in [3.63, 3.8) is 0 Å². The van der Waals surface area contributed by atoms with E-state index >= 15 is 0 Å². The smallest absolute Gasteiger partial charge is 0.308 e. The summed E-state index contributed by atoms with van der Waals surface area (Å²) in [4.78, 5) is 18.1. The molecule has 0 amide bonds. The van der Waals surface area contributed by atoms with Crippen LogP contribution in [0.25, 0.3) is 0 Å². The number of ether oxygens (including phenoxy) is 1. The Morgan fingerprint density at radius 2 is 1.72 bits per heavy atom. The van der Waals surface area contributed by atoms with Crippen LogP contribution in [0.15, 0.2) is 4.99 Å². The maximum Gasteiger partial charge on any atom is 0.308 e. The summed E-state index contributed by atoms with van der Waals surface area (Å²) in [6, 6.07) is 0. The molecular weight excluding hydrogens is 316 g/mol. The van der Waals surface area contributed by atoms with E-state index in [1.807, 2.05) is 6.92 Å². The van der Waals surface area contributed by atoms with E-state index in [1.54, 1.807) is 0 Å². The summed E-state index contributed by atoms with van der Waals surface area (Å²) in [7, 11) is 1.46. The molecule has 25 heavy (non-hydrogen) atoms. The molecule has 1 unspecified atom stereocenters. The van der Waals surface area contributed by atoms with Crippen LogP contribution in [-0.2, 0) is 9.53 Å². The van der Waals surface area contributed by atoms with Gasteiger partial charge in [-0.1, -0.05) is 58.3 Å². The molecule has 1 N–H and O–H groups in total. The number of carbonyl (C=O) groups is 1. The lowest BCUT2D eigenvalue weighted by molar-refractivity contribution is -0.145. The number of aliphatic hydroxyl groups is 1. The third-order valence-corrected chi connectivity index (χ3v) is 5.04. The van der Waals surface area contributed by atoms with Gasteiger partial charge < -0.3 is 14.7 Å². The summed E-state index contributed by atoms with van der Waals surface area (Å²) in [5.74, 6) is 1.17. The van der Waals surface area contributed by atoms with E-state index in [0.29, 0.717) is 0 Å². The summed E-state index contributed by atoms with van der Waals surface area (Å²) in [5.41, 5.74) is 0. The molecule has 1 heterocycles. The second-order valence-corrected chi connectivity index (χ2v) is 7.15. The molecule has 1 aliphatic heterocycles. The van der Waals surface area contributed by atoms with Gasteiger partial charge in [-0.3, -0.25) is 9.79 Å². The predicted octanol–water partition coefficient (Wildman–Crippen LogP) is 3.79. The molecule has 0 radical (unpaired) electrons. The minimum atomic E-state index is -0.0805. The van der Waals surface area contributed by atoms with E-state index in [1.165, 1.54) is 64.3 Å². The van der Waals surface area contributed by atoms with Gasteiger partial charge in [-0.15, -0.1) is 0 Å². The Bertz CT molecular complexity index is 385. The number of aliphatic imine (C=N–C) groups is 1. The van der Waals surface area contributed by atoms with E-state index in [2.05, 4.69) is 9.89 Å². The molecule has 1 rings (SSSR count). The third-order valence-electron chi connectivity index (χ3n) is 5.04. The molecule has 0 bridgehead atoms. The highest BCUT2D eigenvalue weighted by Crippen LogP contribution is 2.15. The molecule has 0 spiro atoms. The van der Waals surface area contributed by atoms with Crippen LogP contribution in [0.1, 0.15) is 77.6 Å². The highest BCUT2D eigenvalue weighted by atomic mass is 16.5. The Labute approximate surface area is 153 Å². The van der Waals surface area contributed by atoms with E-state index in [0.717, 1.165) is 38.9 Å². The van der Waals surface area contributed by atoms with Crippen LogP contribution >= 0.6 is 0 Å². The van der Waals surface area contributed by atoms with Gasteiger partial charge in [0.05, 0.1) is 32.0 Å². The molecule has 146 valence electrons. The van der Waals surface area contributed by atoms with Crippen molar-refractivity contribution in [1.82, 2.24) is 4.90 Å². The number of unbranched alkanes of at least 4 members (excludes halogenated alkanes) is 8. The van der Waals surface area contributed by atoms with Gasteiger partial charge in [0, 0.05) is 19.5 Å². The van der Waals surface area contributed by atoms with E-state index < -0.39 is 0 Å². The quantitative estimate of drug-likeness (QED) is 0.359. The predicted molar refractivity (Wildman–Crippen MR) is 103 cm³/mol. The monoisotopic (exact) mass is 354 g/mol. The number of carbonyl (C=O) groups excluding carboxylic acids is 1. The van der Waals surface area contributed by atoms with Crippen molar-refractivity contribution in [2.75, 3.05) is 33.4 Å². The fourth-order valence-corrected chi connectivity index (χ4v) is 3.42. The van der Waals surface area contributed by atoms with Gasteiger partial charge >= 0.3 is 5.97 Å². The van der Waals surface area contributed by atoms with Crippen LogP contribution < -0.4 is 0 Å². The Balaban J connectivity index is 1.85. The molecule has 0 aliphatic carbocycles. The number of amidine groups is 1. The van der Waals surface area contributed by atoms with Crippen molar-refractivity contribution in [2.24, 2.45) is 10.9 Å². The van der Waals surface area contributed by atoms with Crippen LogP contribution in [0, 0.1) is 5.92 Å². The fraction of sp³-hybridized carbons (Fsp3) is 0.900. The molecule has 1 aliphatic rings. The molecule has 0 saturated heterocycles. The molecule has 0 aromatic heterocycles. The first-order valence-corrected chi connectivity index (χ1v) is 10.2. The van der Waals surface area contributed by atoms with E-state index in [9.17, 15) is 4.79 Å². The largest absolute Gasteiger partial charge is 0.469 e. The first kappa shape index (κ1) is 21.9. The van der Waals surface area contributed by atoms with Gasteiger partial charge in [0.25, 0.3) is 0 Å². The summed E-state index contributed by atoms with van der Waals surface area (Å²) in [6.07, 6.45) is 13.4. The average molecular weight is 355 g/mol. The zero-order valence-electron chi connectivity index (χ0n) is 16.3. The minimum Gasteiger partial charge on any atom is -0.469 e.